The van der Waals surface area contributed by atoms with Gasteiger partial charge in [0.05, 0.1) is 12.9 Å². The predicted molar refractivity (Wildman–Crippen MR) is 91.9 cm³/mol. The maximum absolute atomic E-state index is 13.2. The molecule has 0 aliphatic carbocycles. The number of rotatable bonds is 6. The van der Waals surface area contributed by atoms with Crippen molar-refractivity contribution < 1.29 is 13.9 Å². The Kier molecular flexibility index (Phi) is 6.27. The Labute approximate surface area is 141 Å². The van der Waals surface area contributed by atoms with Gasteiger partial charge in [-0.05, 0) is 42.5 Å². The van der Waals surface area contributed by atoms with Gasteiger partial charge in [0.2, 0.25) is 5.91 Å². The van der Waals surface area contributed by atoms with Crippen LogP contribution in [0.25, 0.3) is 0 Å². The van der Waals surface area contributed by atoms with E-state index in [0.717, 1.165) is 15.7 Å². The van der Waals surface area contributed by atoms with Crippen LogP contribution in [0.5, 0.6) is 5.75 Å². The lowest BCUT2D eigenvalue weighted by atomic mass is 10.2. The Morgan fingerprint density at radius 1 is 1.27 bits per heavy atom. The number of hydrogen-bond donors (Lipinski definition) is 1. The maximum atomic E-state index is 13.2. The van der Waals surface area contributed by atoms with Crippen molar-refractivity contribution in [1.29, 1.82) is 0 Å². The molecule has 2 aromatic carbocycles. The maximum Gasteiger partial charge on any atom is 0.234 e. The fourth-order valence-electron chi connectivity index (χ4n) is 1.84. The Morgan fingerprint density at radius 2 is 2.00 bits per heavy atom. The zero-order chi connectivity index (χ0) is 15.9. The number of amides is 1. The number of halogens is 2. The number of thioether (sulfide) groups is 1. The normalized spacial score (nSPS) is 10.3. The van der Waals surface area contributed by atoms with Gasteiger partial charge in [-0.1, -0.05) is 15.9 Å². The Hall–Kier alpha value is -1.53. The third-order valence-electron chi connectivity index (χ3n) is 2.86. The van der Waals surface area contributed by atoms with Crippen molar-refractivity contribution in [3.8, 4) is 5.75 Å². The van der Waals surface area contributed by atoms with Crippen molar-refractivity contribution >= 4 is 39.3 Å². The number of anilines is 1. The van der Waals surface area contributed by atoms with Crippen LogP contribution in [-0.2, 0) is 10.5 Å². The third-order valence-corrected chi connectivity index (χ3v) is 4.37. The van der Waals surface area contributed by atoms with E-state index in [2.05, 4.69) is 21.2 Å². The number of benzene rings is 2. The van der Waals surface area contributed by atoms with Crippen molar-refractivity contribution in [2.24, 2.45) is 0 Å². The summed E-state index contributed by atoms with van der Waals surface area (Å²) in [5, 5.41) is 2.81. The number of ether oxygens (including phenoxy) is 1. The number of nitrogens with one attached hydrogen (secondary N) is 1. The summed E-state index contributed by atoms with van der Waals surface area (Å²) < 4.78 is 19.4. The third kappa shape index (κ3) is 5.03. The van der Waals surface area contributed by atoms with Crippen LogP contribution < -0.4 is 10.1 Å². The van der Waals surface area contributed by atoms with Gasteiger partial charge in [-0.3, -0.25) is 4.79 Å². The second-order valence-corrected chi connectivity index (χ2v) is 6.41. The monoisotopic (exact) mass is 383 g/mol. The lowest BCUT2D eigenvalue weighted by Crippen LogP contribution is -2.14. The van der Waals surface area contributed by atoms with E-state index >= 15 is 0 Å². The second-order valence-electron chi connectivity index (χ2n) is 4.50. The molecule has 6 heteroatoms. The predicted octanol–water partition coefficient (Wildman–Crippen LogP) is 4.47. The summed E-state index contributed by atoms with van der Waals surface area (Å²) in [6.45, 7) is 0. The largest absolute Gasteiger partial charge is 0.496 e. The zero-order valence-corrected chi connectivity index (χ0v) is 14.3. The number of methoxy groups -OCH3 is 1. The van der Waals surface area contributed by atoms with Crippen LogP contribution >= 0.6 is 27.7 Å². The van der Waals surface area contributed by atoms with Crippen LogP contribution in [0.1, 0.15) is 5.56 Å². The summed E-state index contributed by atoms with van der Waals surface area (Å²) in [6, 6.07) is 11.7. The first-order chi connectivity index (χ1) is 10.6. The molecule has 2 rings (SSSR count). The highest BCUT2D eigenvalue weighted by Crippen LogP contribution is 2.24. The van der Waals surface area contributed by atoms with Crippen LogP contribution in [-0.4, -0.2) is 18.8 Å². The lowest BCUT2D eigenvalue weighted by molar-refractivity contribution is -0.113. The first-order valence-corrected chi connectivity index (χ1v) is 8.49. The SMILES string of the molecule is COc1ccc(F)cc1CSCC(=O)Nc1ccc(Br)cc1. The van der Waals surface area contributed by atoms with E-state index in [4.69, 9.17) is 4.74 Å². The molecule has 0 atom stereocenters. The number of carbonyl (C=O) groups excluding carboxylic acids is 1. The molecule has 2 aromatic rings. The summed E-state index contributed by atoms with van der Waals surface area (Å²) in [6.07, 6.45) is 0. The van der Waals surface area contributed by atoms with E-state index in [-0.39, 0.29) is 17.5 Å². The summed E-state index contributed by atoms with van der Waals surface area (Å²) >= 11 is 4.75. The molecule has 22 heavy (non-hydrogen) atoms. The average molecular weight is 384 g/mol. The molecule has 1 N–H and O–H groups in total. The molecule has 0 bridgehead atoms. The number of hydrogen-bond acceptors (Lipinski definition) is 3. The summed E-state index contributed by atoms with van der Waals surface area (Å²) in [5.41, 5.74) is 1.49. The van der Waals surface area contributed by atoms with E-state index < -0.39 is 0 Å². The molecule has 0 unspecified atom stereocenters. The van der Waals surface area contributed by atoms with Gasteiger partial charge in [0.25, 0.3) is 0 Å². The first-order valence-electron chi connectivity index (χ1n) is 6.54. The molecule has 1 amide bonds. The minimum Gasteiger partial charge on any atom is -0.496 e. The molecule has 0 fully saturated rings. The minimum atomic E-state index is -0.310. The van der Waals surface area contributed by atoms with E-state index in [1.165, 1.54) is 23.9 Å². The van der Waals surface area contributed by atoms with Crippen LogP contribution in [0.3, 0.4) is 0 Å². The summed E-state index contributed by atoms with van der Waals surface area (Å²) in [7, 11) is 1.54. The minimum absolute atomic E-state index is 0.0947. The smallest absolute Gasteiger partial charge is 0.234 e. The van der Waals surface area contributed by atoms with Gasteiger partial charge in [-0.2, -0.15) is 0 Å². The molecule has 3 nitrogen and oxygen atoms in total. The van der Waals surface area contributed by atoms with Gasteiger partial charge in [-0.25, -0.2) is 4.39 Å². The highest BCUT2D eigenvalue weighted by Gasteiger charge is 2.07. The molecular formula is C16H15BrFNO2S. The molecule has 0 aromatic heterocycles. The fourth-order valence-corrected chi connectivity index (χ4v) is 2.91. The highest BCUT2D eigenvalue weighted by molar-refractivity contribution is 9.10. The van der Waals surface area contributed by atoms with Gasteiger partial charge in [0.15, 0.2) is 0 Å². The van der Waals surface area contributed by atoms with Crippen molar-refractivity contribution in [2.45, 2.75) is 5.75 Å². The Morgan fingerprint density at radius 3 is 2.68 bits per heavy atom. The van der Waals surface area contributed by atoms with Crippen molar-refractivity contribution in [3.05, 3.63) is 58.3 Å². The van der Waals surface area contributed by atoms with Crippen LogP contribution in [0.4, 0.5) is 10.1 Å². The van der Waals surface area contributed by atoms with Crippen LogP contribution in [0.15, 0.2) is 46.9 Å². The van der Waals surface area contributed by atoms with E-state index in [1.807, 2.05) is 24.3 Å². The Bertz CT molecular complexity index is 649. The molecule has 0 radical (unpaired) electrons. The van der Waals surface area contributed by atoms with E-state index in [0.29, 0.717) is 11.5 Å². The topological polar surface area (TPSA) is 38.3 Å². The van der Waals surface area contributed by atoms with Crippen molar-refractivity contribution in [1.82, 2.24) is 0 Å². The first kappa shape index (κ1) is 16.8. The highest BCUT2D eigenvalue weighted by atomic mass is 79.9. The second kappa shape index (κ2) is 8.19. The molecule has 0 saturated carbocycles. The summed E-state index contributed by atoms with van der Waals surface area (Å²) in [5.74, 6) is 1.02. The van der Waals surface area contributed by atoms with E-state index in [1.54, 1.807) is 13.2 Å². The van der Waals surface area contributed by atoms with Crippen molar-refractivity contribution in [3.63, 3.8) is 0 Å². The molecule has 0 aliphatic heterocycles. The fraction of sp³-hybridized carbons (Fsp3) is 0.188. The van der Waals surface area contributed by atoms with Gasteiger partial charge in [0.1, 0.15) is 11.6 Å². The lowest BCUT2D eigenvalue weighted by Gasteiger charge is -2.09. The molecule has 0 aliphatic rings. The molecular weight excluding hydrogens is 369 g/mol. The standard InChI is InChI=1S/C16H15BrFNO2S/c1-21-15-7-4-13(18)8-11(15)9-22-10-16(20)19-14-5-2-12(17)3-6-14/h2-8H,9-10H2,1H3,(H,19,20). The van der Waals surface area contributed by atoms with Gasteiger partial charge < -0.3 is 10.1 Å². The van der Waals surface area contributed by atoms with Gasteiger partial charge in [0, 0.05) is 21.5 Å². The van der Waals surface area contributed by atoms with Crippen LogP contribution in [0.2, 0.25) is 0 Å². The van der Waals surface area contributed by atoms with Gasteiger partial charge >= 0.3 is 0 Å². The molecule has 0 saturated heterocycles. The van der Waals surface area contributed by atoms with Crippen molar-refractivity contribution in [2.75, 3.05) is 18.2 Å². The van der Waals surface area contributed by atoms with E-state index in [9.17, 15) is 9.18 Å². The quantitative estimate of drug-likeness (QED) is 0.799. The molecule has 0 heterocycles. The molecule has 116 valence electrons. The zero-order valence-electron chi connectivity index (χ0n) is 11.9. The average Bonchev–Trinajstić information content (AvgIpc) is 2.50. The Balaban J connectivity index is 1.84. The number of carbonyl (C=O) groups is 1. The molecule has 0 spiro atoms. The van der Waals surface area contributed by atoms with Crippen LogP contribution in [0, 0.1) is 5.82 Å². The summed E-state index contributed by atoms with van der Waals surface area (Å²) in [4.78, 5) is 11.9. The van der Waals surface area contributed by atoms with Gasteiger partial charge in [-0.15, -0.1) is 11.8 Å².